The number of hydrogen-bond acceptors (Lipinski definition) is 4. The molecule has 57 heavy (non-hydrogen) atoms. The average molecular weight is 730 g/mol. The van der Waals surface area contributed by atoms with Gasteiger partial charge in [0.25, 0.3) is 0 Å². The molecule has 12 aromatic rings. The molecule has 0 fully saturated rings. The van der Waals surface area contributed by atoms with E-state index in [1.165, 1.54) is 0 Å². The Bertz CT molecular complexity index is 3520. The first-order chi connectivity index (χ1) is 28.2. The van der Waals surface area contributed by atoms with E-state index in [2.05, 4.69) is 168 Å². The fourth-order valence-electron chi connectivity index (χ4n) is 8.58. The fraction of sp³-hybridized carbons (Fsp3) is 0. The highest BCUT2D eigenvalue weighted by Crippen LogP contribution is 2.43. The number of aromatic nitrogens is 3. The van der Waals surface area contributed by atoms with Gasteiger partial charge in [0.15, 0.2) is 5.82 Å². The van der Waals surface area contributed by atoms with E-state index in [1.54, 1.807) is 0 Å². The van der Waals surface area contributed by atoms with Crippen LogP contribution >= 0.6 is 0 Å². The summed E-state index contributed by atoms with van der Waals surface area (Å²) in [5, 5.41) is 6.47. The van der Waals surface area contributed by atoms with E-state index in [9.17, 15) is 0 Å². The van der Waals surface area contributed by atoms with Gasteiger partial charge in [0, 0.05) is 43.7 Å². The second kappa shape index (κ2) is 12.4. The van der Waals surface area contributed by atoms with Crippen molar-refractivity contribution in [2.45, 2.75) is 0 Å². The summed E-state index contributed by atoms with van der Waals surface area (Å²) < 4.78 is 15.7. The number of fused-ring (bicyclic) bond motifs is 10. The Morgan fingerprint density at radius 1 is 0.368 bits per heavy atom. The van der Waals surface area contributed by atoms with Gasteiger partial charge >= 0.3 is 0 Å². The van der Waals surface area contributed by atoms with Crippen molar-refractivity contribution < 1.29 is 8.83 Å². The molecule has 0 saturated heterocycles. The summed E-state index contributed by atoms with van der Waals surface area (Å²) in [6, 6.07) is 65.3. The summed E-state index contributed by atoms with van der Waals surface area (Å²) in [4.78, 5) is 10.6. The van der Waals surface area contributed by atoms with Crippen LogP contribution in [0.3, 0.4) is 0 Å². The molecule has 0 radical (unpaired) electrons. The third-order valence-corrected chi connectivity index (χ3v) is 11.2. The summed E-state index contributed by atoms with van der Waals surface area (Å²) in [6.45, 7) is 0. The van der Waals surface area contributed by atoms with Gasteiger partial charge in [-0.05, 0) is 77.9 Å². The first-order valence-electron chi connectivity index (χ1n) is 19.1. The summed E-state index contributed by atoms with van der Waals surface area (Å²) in [5.41, 5.74) is 13.3. The first kappa shape index (κ1) is 31.6. The second-order valence-corrected chi connectivity index (χ2v) is 14.5. The van der Waals surface area contributed by atoms with Crippen LogP contribution in [0.2, 0.25) is 0 Å². The maximum absolute atomic E-state index is 7.06. The lowest BCUT2D eigenvalue weighted by atomic mass is 10.00. The Morgan fingerprint density at radius 2 is 1.00 bits per heavy atom. The summed E-state index contributed by atoms with van der Waals surface area (Å²) >= 11 is 0. The topological polar surface area (TPSA) is 57.0 Å². The molecule has 0 N–H and O–H groups in total. The molecule has 0 aliphatic heterocycles. The molecule has 0 amide bonds. The molecule has 0 aliphatic rings. The van der Waals surface area contributed by atoms with Gasteiger partial charge in [0.2, 0.25) is 0 Å². The minimum Gasteiger partial charge on any atom is -0.456 e. The van der Waals surface area contributed by atoms with Crippen LogP contribution in [0, 0.1) is 0 Å². The van der Waals surface area contributed by atoms with E-state index in [1.807, 2.05) is 24.3 Å². The number of benzene rings is 8. The maximum Gasteiger partial charge on any atom is 0.164 e. The molecule has 0 atom stereocenters. The molecule has 5 nitrogen and oxygen atoms in total. The number of nitrogens with zero attached hydrogens (tertiary/aromatic N) is 3. The van der Waals surface area contributed by atoms with Crippen molar-refractivity contribution in [3.05, 3.63) is 188 Å². The highest BCUT2D eigenvalue weighted by Gasteiger charge is 2.22. The van der Waals surface area contributed by atoms with Gasteiger partial charge in [-0.2, -0.15) is 0 Å². The maximum atomic E-state index is 7.06. The average Bonchev–Trinajstić information content (AvgIpc) is 3.96. The Balaban J connectivity index is 1.10. The molecule has 4 heterocycles. The van der Waals surface area contributed by atoms with Crippen LogP contribution in [0.25, 0.3) is 116 Å². The molecular formula is C52H31N3O2. The van der Waals surface area contributed by atoms with Gasteiger partial charge in [-0.3, -0.25) is 0 Å². The molecule has 4 aromatic heterocycles. The van der Waals surface area contributed by atoms with Crippen LogP contribution < -0.4 is 0 Å². The molecule has 8 aromatic carbocycles. The minimum absolute atomic E-state index is 0.588. The number of rotatable bonds is 5. The van der Waals surface area contributed by atoms with E-state index in [-0.39, 0.29) is 0 Å². The number of para-hydroxylation sites is 4. The summed E-state index contributed by atoms with van der Waals surface area (Å²) in [7, 11) is 0. The first-order valence-corrected chi connectivity index (χ1v) is 19.1. The van der Waals surface area contributed by atoms with E-state index in [0.717, 1.165) is 111 Å². The van der Waals surface area contributed by atoms with Crippen molar-refractivity contribution in [1.29, 1.82) is 0 Å². The quantitative estimate of drug-likeness (QED) is 0.177. The zero-order valence-corrected chi connectivity index (χ0v) is 30.6. The molecule has 0 spiro atoms. The lowest BCUT2D eigenvalue weighted by Crippen LogP contribution is -1.96. The molecule has 266 valence electrons. The monoisotopic (exact) mass is 729 g/mol. The van der Waals surface area contributed by atoms with Gasteiger partial charge in [0.1, 0.15) is 22.3 Å². The number of hydrogen-bond donors (Lipinski definition) is 0. The fourth-order valence-corrected chi connectivity index (χ4v) is 8.58. The third-order valence-electron chi connectivity index (χ3n) is 11.2. The Kier molecular flexibility index (Phi) is 6.86. The summed E-state index contributed by atoms with van der Waals surface area (Å²) in [6.07, 6.45) is 0. The van der Waals surface area contributed by atoms with E-state index in [4.69, 9.17) is 18.8 Å². The van der Waals surface area contributed by atoms with E-state index >= 15 is 0 Å². The Hall–Kier alpha value is -7.76. The van der Waals surface area contributed by atoms with Gasteiger partial charge in [-0.1, -0.05) is 121 Å². The Morgan fingerprint density at radius 3 is 1.86 bits per heavy atom. The molecule has 0 saturated carbocycles. The predicted molar refractivity (Wildman–Crippen MR) is 233 cm³/mol. The predicted octanol–water partition coefficient (Wildman–Crippen LogP) is 14.0. The van der Waals surface area contributed by atoms with Crippen LogP contribution in [0.5, 0.6) is 0 Å². The van der Waals surface area contributed by atoms with Crippen LogP contribution in [0.4, 0.5) is 0 Å². The highest BCUT2D eigenvalue weighted by atomic mass is 16.3. The van der Waals surface area contributed by atoms with Gasteiger partial charge in [0.05, 0.1) is 33.4 Å². The molecule has 0 bridgehead atoms. The van der Waals surface area contributed by atoms with Crippen molar-refractivity contribution in [3.8, 4) is 50.7 Å². The SMILES string of the molecule is c1ccc(-c2cccc(-c3cc(-c4ccc5c(c4)oc4ccccc45)nc(-c4cccc5c4oc4c5ccc5c4c4ccccc4n5-c4ccccc4)n3)c2)cc1. The standard InChI is InChI=1S/C52H31N3O2/c1-3-13-32(14-4-1)33-15-11-16-34(29-33)43-31-44(35-25-26-38-37-19-8-10-24-47(37)56-48(38)30-35)54-52(53-43)42-22-12-21-39-40-27-28-46-49(51(40)57-50(39)42)41-20-7-9-23-45(41)55(46)36-17-5-2-6-18-36/h1-31H. The molecular weight excluding hydrogens is 699 g/mol. The van der Waals surface area contributed by atoms with Crippen LogP contribution in [0.1, 0.15) is 0 Å². The highest BCUT2D eigenvalue weighted by molar-refractivity contribution is 6.24. The van der Waals surface area contributed by atoms with Gasteiger partial charge in [-0.25, -0.2) is 9.97 Å². The van der Waals surface area contributed by atoms with Gasteiger partial charge < -0.3 is 13.4 Å². The van der Waals surface area contributed by atoms with Crippen molar-refractivity contribution in [2.24, 2.45) is 0 Å². The minimum atomic E-state index is 0.588. The van der Waals surface area contributed by atoms with E-state index < -0.39 is 0 Å². The lowest BCUT2D eigenvalue weighted by Gasteiger charge is -2.11. The zero-order valence-electron chi connectivity index (χ0n) is 30.6. The molecule has 0 unspecified atom stereocenters. The zero-order chi connectivity index (χ0) is 37.5. The van der Waals surface area contributed by atoms with Crippen LogP contribution in [0.15, 0.2) is 197 Å². The third kappa shape index (κ3) is 4.96. The molecule has 5 heteroatoms. The lowest BCUT2D eigenvalue weighted by molar-refractivity contribution is 0.669. The smallest absolute Gasteiger partial charge is 0.164 e. The summed E-state index contributed by atoms with van der Waals surface area (Å²) in [5.74, 6) is 0.588. The van der Waals surface area contributed by atoms with Crippen LogP contribution in [-0.4, -0.2) is 14.5 Å². The largest absolute Gasteiger partial charge is 0.456 e. The van der Waals surface area contributed by atoms with Crippen molar-refractivity contribution in [2.75, 3.05) is 0 Å². The second-order valence-electron chi connectivity index (χ2n) is 14.5. The van der Waals surface area contributed by atoms with Crippen molar-refractivity contribution in [3.63, 3.8) is 0 Å². The van der Waals surface area contributed by atoms with Gasteiger partial charge in [-0.15, -0.1) is 0 Å². The normalized spacial score (nSPS) is 11.9. The van der Waals surface area contributed by atoms with Crippen LogP contribution in [-0.2, 0) is 0 Å². The van der Waals surface area contributed by atoms with Crippen molar-refractivity contribution in [1.82, 2.24) is 14.5 Å². The van der Waals surface area contributed by atoms with E-state index in [0.29, 0.717) is 5.82 Å². The Labute approximate surface area is 326 Å². The number of furan rings is 2. The van der Waals surface area contributed by atoms with Crippen molar-refractivity contribution >= 4 is 65.7 Å². The molecule has 12 rings (SSSR count). The molecule has 0 aliphatic carbocycles.